The average Bonchev–Trinajstić information content (AvgIpc) is 3.30. The molecule has 1 unspecified atom stereocenters. The first kappa shape index (κ1) is 60.6. The maximum absolute atomic E-state index is 12.8. The SMILES string of the molecule is CC/C=C\C/C=C\C/C=C\C/C=C\C/C=C\CCCC(=O)OCC(COCCC/C=C\C/C=C\C/C=C\C/C=C\CC)OC(=O)CCCCCCCCCCCCCCCCCCC. The molecule has 5 heteroatoms. The topological polar surface area (TPSA) is 61.8 Å². The lowest BCUT2D eigenvalue weighted by molar-refractivity contribution is -0.162. The molecule has 0 bridgehead atoms. The molecule has 0 aliphatic rings. The standard InChI is InChI=1S/C59H98O5/c1-4-7-10-13-16-19-22-25-28-30-32-34-37-40-43-46-49-52-58(60)63-56-57(55-62-54-51-48-45-42-39-36-27-24-21-18-15-12-9-6-3)64-59(61)53-50-47-44-41-38-35-33-31-29-26-23-20-17-14-11-8-5-2/h7,9-10,12,16,18-19,21,25,27-28,32,34,36,40,42-43,45,57H,4-6,8,11,13-15,17,20,22-24,26,29-31,33,35,37-39,41,44,46-56H2,1-3H3/b10-7-,12-9-,19-16-,21-18-,28-25-,34-32-,36-27-,43-40-,45-42-. The molecule has 0 aromatic rings. The van der Waals surface area contributed by atoms with Crippen LogP contribution < -0.4 is 0 Å². The molecule has 0 N–H and O–H groups in total. The Kier molecular flexibility index (Phi) is 51.0. The summed E-state index contributed by atoms with van der Waals surface area (Å²) in [6.45, 7) is 7.41. The maximum atomic E-state index is 12.8. The molecule has 0 aromatic heterocycles. The van der Waals surface area contributed by atoms with Crippen molar-refractivity contribution in [1.29, 1.82) is 0 Å². The third-order valence-corrected chi connectivity index (χ3v) is 10.8. The van der Waals surface area contributed by atoms with Crippen LogP contribution in [0.1, 0.15) is 226 Å². The van der Waals surface area contributed by atoms with Crippen LogP contribution in [-0.4, -0.2) is 37.9 Å². The summed E-state index contributed by atoms with van der Waals surface area (Å²) >= 11 is 0. The molecule has 64 heavy (non-hydrogen) atoms. The molecule has 0 amide bonds. The highest BCUT2D eigenvalue weighted by Crippen LogP contribution is 2.15. The molecule has 0 rings (SSSR count). The Morgan fingerprint density at radius 2 is 0.703 bits per heavy atom. The van der Waals surface area contributed by atoms with E-state index in [1.54, 1.807) is 0 Å². The maximum Gasteiger partial charge on any atom is 0.306 e. The molecule has 0 saturated carbocycles. The van der Waals surface area contributed by atoms with E-state index in [9.17, 15) is 9.59 Å². The van der Waals surface area contributed by atoms with Crippen LogP contribution in [0.4, 0.5) is 0 Å². The predicted molar refractivity (Wildman–Crippen MR) is 279 cm³/mol. The lowest BCUT2D eigenvalue weighted by atomic mass is 10.0. The van der Waals surface area contributed by atoms with Gasteiger partial charge in [0.15, 0.2) is 6.10 Å². The van der Waals surface area contributed by atoms with Crippen LogP contribution in [0.2, 0.25) is 0 Å². The Morgan fingerprint density at radius 3 is 1.11 bits per heavy atom. The van der Waals surface area contributed by atoms with Gasteiger partial charge in [-0.15, -0.1) is 0 Å². The number of ether oxygens (including phenoxy) is 3. The van der Waals surface area contributed by atoms with Gasteiger partial charge in [-0.3, -0.25) is 9.59 Å². The van der Waals surface area contributed by atoms with Crippen LogP contribution in [0, 0.1) is 0 Å². The fourth-order valence-corrected chi connectivity index (χ4v) is 6.96. The summed E-state index contributed by atoms with van der Waals surface area (Å²) < 4.78 is 17.3. The van der Waals surface area contributed by atoms with Crippen LogP contribution in [0.3, 0.4) is 0 Å². The van der Waals surface area contributed by atoms with Crippen LogP contribution in [0.25, 0.3) is 0 Å². The molecular weight excluding hydrogens is 789 g/mol. The van der Waals surface area contributed by atoms with Gasteiger partial charge in [-0.2, -0.15) is 0 Å². The van der Waals surface area contributed by atoms with Crippen molar-refractivity contribution in [3.8, 4) is 0 Å². The molecule has 0 spiro atoms. The first-order chi connectivity index (χ1) is 31.6. The predicted octanol–water partition coefficient (Wildman–Crippen LogP) is 18.0. The van der Waals surface area contributed by atoms with E-state index in [0.29, 0.717) is 19.4 Å². The molecule has 0 saturated heterocycles. The normalized spacial score (nSPS) is 13.1. The minimum Gasteiger partial charge on any atom is -0.462 e. The number of esters is 2. The van der Waals surface area contributed by atoms with Crippen LogP contribution in [0.15, 0.2) is 109 Å². The van der Waals surface area contributed by atoms with Crippen molar-refractivity contribution in [3.63, 3.8) is 0 Å². The molecule has 0 aromatic carbocycles. The van der Waals surface area contributed by atoms with Gasteiger partial charge < -0.3 is 14.2 Å². The lowest BCUT2D eigenvalue weighted by Crippen LogP contribution is -2.30. The van der Waals surface area contributed by atoms with E-state index in [4.69, 9.17) is 14.2 Å². The summed E-state index contributed by atoms with van der Waals surface area (Å²) in [4.78, 5) is 25.4. The van der Waals surface area contributed by atoms with Gasteiger partial charge in [-0.1, -0.05) is 233 Å². The van der Waals surface area contributed by atoms with Crippen molar-refractivity contribution < 1.29 is 23.8 Å². The minimum atomic E-state index is -0.592. The fourth-order valence-electron chi connectivity index (χ4n) is 6.96. The van der Waals surface area contributed by atoms with Gasteiger partial charge in [-0.25, -0.2) is 0 Å². The minimum absolute atomic E-state index is 0.0299. The highest BCUT2D eigenvalue weighted by Gasteiger charge is 2.17. The molecule has 364 valence electrons. The number of carbonyl (C=O) groups excluding carboxylic acids is 2. The number of rotatable bonds is 47. The number of unbranched alkanes of at least 4 members (excludes halogenated alkanes) is 18. The van der Waals surface area contributed by atoms with Crippen LogP contribution in [0.5, 0.6) is 0 Å². The van der Waals surface area contributed by atoms with E-state index < -0.39 is 6.10 Å². The van der Waals surface area contributed by atoms with Gasteiger partial charge in [-0.05, 0) is 89.9 Å². The Bertz CT molecular complexity index is 1280. The fraction of sp³-hybridized carbons (Fsp3) is 0.661. The Hall–Kier alpha value is -3.44. The quantitative estimate of drug-likeness (QED) is 0.0346. The molecule has 5 nitrogen and oxygen atoms in total. The van der Waals surface area contributed by atoms with Gasteiger partial charge in [0.2, 0.25) is 0 Å². The largest absolute Gasteiger partial charge is 0.462 e. The number of hydrogen-bond donors (Lipinski definition) is 0. The van der Waals surface area contributed by atoms with E-state index in [1.165, 1.54) is 89.9 Å². The van der Waals surface area contributed by atoms with Gasteiger partial charge in [0.1, 0.15) is 6.61 Å². The van der Waals surface area contributed by atoms with Crippen molar-refractivity contribution >= 4 is 11.9 Å². The zero-order valence-corrected chi connectivity index (χ0v) is 41.8. The molecular formula is C59H98O5. The Balaban J connectivity index is 4.43. The van der Waals surface area contributed by atoms with Gasteiger partial charge in [0.05, 0.1) is 6.61 Å². The molecule has 0 heterocycles. The molecule has 0 aliphatic heterocycles. The summed E-state index contributed by atoms with van der Waals surface area (Å²) in [5.41, 5.74) is 0. The van der Waals surface area contributed by atoms with Crippen molar-refractivity contribution in [2.45, 2.75) is 232 Å². The lowest BCUT2D eigenvalue weighted by Gasteiger charge is -2.18. The smallest absolute Gasteiger partial charge is 0.306 e. The van der Waals surface area contributed by atoms with Crippen molar-refractivity contribution in [3.05, 3.63) is 109 Å². The van der Waals surface area contributed by atoms with Crippen LogP contribution >= 0.6 is 0 Å². The summed E-state index contributed by atoms with van der Waals surface area (Å²) in [5.74, 6) is -0.496. The number of hydrogen-bond acceptors (Lipinski definition) is 5. The van der Waals surface area contributed by atoms with Crippen molar-refractivity contribution in [1.82, 2.24) is 0 Å². The Labute approximate surface area is 395 Å². The molecule has 0 radical (unpaired) electrons. The monoisotopic (exact) mass is 887 g/mol. The number of allylic oxidation sites excluding steroid dienone is 18. The summed E-state index contributed by atoms with van der Waals surface area (Å²) in [5, 5.41) is 0. The third-order valence-electron chi connectivity index (χ3n) is 10.8. The average molecular weight is 887 g/mol. The zero-order valence-electron chi connectivity index (χ0n) is 41.8. The van der Waals surface area contributed by atoms with E-state index in [2.05, 4.69) is 130 Å². The first-order valence-electron chi connectivity index (χ1n) is 26.4. The van der Waals surface area contributed by atoms with E-state index in [1.807, 2.05) is 0 Å². The Morgan fingerprint density at radius 1 is 0.359 bits per heavy atom. The molecule has 0 fully saturated rings. The van der Waals surface area contributed by atoms with Gasteiger partial charge >= 0.3 is 11.9 Å². The number of carbonyl (C=O) groups is 2. The van der Waals surface area contributed by atoms with Gasteiger partial charge in [0.25, 0.3) is 0 Å². The third kappa shape index (κ3) is 51.2. The van der Waals surface area contributed by atoms with Gasteiger partial charge in [0, 0.05) is 19.4 Å². The highest BCUT2D eigenvalue weighted by molar-refractivity contribution is 5.70. The van der Waals surface area contributed by atoms with E-state index in [-0.39, 0.29) is 25.2 Å². The van der Waals surface area contributed by atoms with Crippen LogP contribution in [-0.2, 0) is 23.8 Å². The molecule has 1 atom stereocenters. The second-order valence-electron chi connectivity index (χ2n) is 17.0. The first-order valence-corrected chi connectivity index (χ1v) is 26.4. The summed E-state index contributed by atoms with van der Waals surface area (Å²) in [7, 11) is 0. The van der Waals surface area contributed by atoms with Crippen molar-refractivity contribution in [2.75, 3.05) is 19.8 Å². The van der Waals surface area contributed by atoms with E-state index in [0.717, 1.165) is 103 Å². The summed E-state index contributed by atoms with van der Waals surface area (Å²) in [6, 6.07) is 0. The second-order valence-corrected chi connectivity index (χ2v) is 17.0. The zero-order chi connectivity index (χ0) is 46.3. The molecule has 0 aliphatic carbocycles. The van der Waals surface area contributed by atoms with E-state index >= 15 is 0 Å². The second kappa shape index (κ2) is 53.9. The summed E-state index contributed by atoms with van der Waals surface area (Å²) in [6.07, 6.45) is 74.0. The van der Waals surface area contributed by atoms with Crippen molar-refractivity contribution in [2.24, 2.45) is 0 Å². The highest BCUT2D eigenvalue weighted by atomic mass is 16.6.